The highest BCUT2D eigenvalue weighted by molar-refractivity contribution is 5.92. The number of non-ortho nitro benzene ring substituents is 1. The van der Waals surface area contributed by atoms with Crippen LogP contribution in [0.3, 0.4) is 0 Å². The van der Waals surface area contributed by atoms with Crippen LogP contribution in [0.15, 0.2) is 48.8 Å². The molecule has 1 aliphatic heterocycles. The molecule has 1 saturated heterocycles. The van der Waals surface area contributed by atoms with Crippen molar-refractivity contribution < 1.29 is 14.8 Å². The number of carboxylic acid groups (broad SMARTS) is 1. The van der Waals surface area contributed by atoms with Crippen LogP contribution in [-0.2, 0) is 0 Å². The summed E-state index contributed by atoms with van der Waals surface area (Å²) < 4.78 is 0. The predicted molar refractivity (Wildman–Crippen MR) is 115 cm³/mol. The Morgan fingerprint density at radius 3 is 2.45 bits per heavy atom. The summed E-state index contributed by atoms with van der Waals surface area (Å²) in [6.45, 7) is 4.39. The first-order valence-electron chi connectivity index (χ1n) is 9.77. The van der Waals surface area contributed by atoms with E-state index in [1.54, 1.807) is 12.4 Å². The lowest BCUT2D eigenvalue weighted by atomic mass is 9.99. The number of nitro benzene ring substituents is 1. The van der Waals surface area contributed by atoms with Crippen molar-refractivity contribution >= 4 is 28.4 Å². The van der Waals surface area contributed by atoms with Gasteiger partial charge in [-0.25, -0.2) is 4.79 Å². The van der Waals surface area contributed by atoms with Crippen LogP contribution in [0.2, 0.25) is 0 Å². The van der Waals surface area contributed by atoms with Gasteiger partial charge in [0.15, 0.2) is 0 Å². The van der Waals surface area contributed by atoms with Crippen molar-refractivity contribution in [1.29, 1.82) is 5.26 Å². The number of nitriles is 1. The lowest BCUT2D eigenvalue weighted by Crippen LogP contribution is -2.34. The molecule has 0 saturated carbocycles. The van der Waals surface area contributed by atoms with Crippen molar-refractivity contribution in [3.05, 3.63) is 70.0 Å². The van der Waals surface area contributed by atoms with Gasteiger partial charge in [-0.05, 0) is 43.0 Å². The Hall–Kier alpha value is -4.06. The summed E-state index contributed by atoms with van der Waals surface area (Å²) in [7, 11) is 0. The summed E-state index contributed by atoms with van der Waals surface area (Å²) in [5, 5.41) is 27.7. The zero-order valence-electron chi connectivity index (χ0n) is 16.9. The molecule has 9 heteroatoms. The van der Waals surface area contributed by atoms with Gasteiger partial charge in [0.2, 0.25) is 0 Å². The van der Waals surface area contributed by atoms with Crippen molar-refractivity contribution in [2.45, 2.75) is 19.8 Å². The molecule has 2 heterocycles. The third-order valence-corrected chi connectivity index (χ3v) is 5.05. The first kappa shape index (κ1) is 21.6. The van der Waals surface area contributed by atoms with Gasteiger partial charge in [0.05, 0.1) is 21.7 Å². The summed E-state index contributed by atoms with van der Waals surface area (Å²) in [5.74, 6) is -0.388. The van der Waals surface area contributed by atoms with E-state index in [2.05, 4.69) is 27.9 Å². The molecule has 1 aromatic heterocycles. The summed E-state index contributed by atoms with van der Waals surface area (Å²) in [5.41, 5.74) is 3.18. The van der Waals surface area contributed by atoms with Crippen molar-refractivity contribution in [3.8, 4) is 6.07 Å². The minimum absolute atomic E-state index is 0.0422. The van der Waals surface area contributed by atoms with Crippen LogP contribution in [0, 0.1) is 27.4 Å². The second-order valence-corrected chi connectivity index (χ2v) is 7.30. The molecule has 0 spiro atoms. The Bertz CT molecular complexity index is 1110. The molecule has 0 radical (unpaired) electrons. The van der Waals surface area contributed by atoms with Crippen LogP contribution in [0.5, 0.6) is 0 Å². The number of anilines is 1. The molecule has 1 N–H and O–H groups in total. The van der Waals surface area contributed by atoms with Gasteiger partial charge in [-0.15, -0.1) is 0 Å². The van der Waals surface area contributed by atoms with Crippen LogP contribution in [0.25, 0.3) is 11.0 Å². The van der Waals surface area contributed by atoms with E-state index in [0.717, 1.165) is 36.4 Å². The molecule has 31 heavy (non-hydrogen) atoms. The standard InChI is InChI=1S/C15H16N4.C7H5NO4/c1-11-3-2-8-19(10-11)13-5-4-12(9-16)14-15(13)18-7-6-17-14;9-7(10)5-1-3-6(4-2-5)8(11)12/h4-7,11H,2-3,8,10H2,1H3;1-4H,(H,9,10). The zero-order valence-corrected chi connectivity index (χ0v) is 16.9. The molecule has 2 aromatic carbocycles. The maximum absolute atomic E-state index is 10.3. The van der Waals surface area contributed by atoms with Gasteiger partial charge < -0.3 is 10.0 Å². The van der Waals surface area contributed by atoms with Crippen molar-refractivity contribution in [1.82, 2.24) is 9.97 Å². The summed E-state index contributed by atoms with van der Waals surface area (Å²) >= 11 is 0. The van der Waals surface area contributed by atoms with Gasteiger partial charge in [-0.2, -0.15) is 5.26 Å². The molecule has 0 amide bonds. The van der Waals surface area contributed by atoms with E-state index in [0.29, 0.717) is 17.0 Å². The zero-order chi connectivity index (χ0) is 22.4. The number of hydrogen-bond donors (Lipinski definition) is 1. The van der Waals surface area contributed by atoms with E-state index < -0.39 is 10.9 Å². The van der Waals surface area contributed by atoms with Crippen LogP contribution in [0.1, 0.15) is 35.7 Å². The summed E-state index contributed by atoms with van der Waals surface area (Å²) in [6.07, 6.45) is 5.84. The monoisotopic (exact) mass is 419 g/mol. The van der Waals surface area contributed by atoms with Crippen LogP contribution < -0.4 is 4.90 Å². The molecule has 0 aliphatic carbocycles. The number of carboxylic acids is 1. The molecular formula is C22H21N5O4. The molecule has 1 fully saturated rings. The molecule has 158 valence electrons. The second kappa shape index (κ2) is 9.63. The molecule has 1 unspecified atom stereocenters. The van der Waals surface area contributed by atoms with E-state index in [4.69, 9.17) is 10.4 Å². The molecule has 4 rings (SSSR count). The van der Waals surface area contributed by atoms with Gasteiger partial charge in [-0.3, -0.25) is 20.1 Å². The highest BCUT2D eigenvalue weighted by atomic mass is 16.6. The Labute approximate surface area is 178 Å². The number of nitrogens with zero attached hydrogens (tertiary/aromatic N) is 5. The molecule has 1 aliphatic rings. The average Bonchev–Trinajstić information content (AvgIpc) is 2.78. The molecule has 0 bridgehead atoms. The van der Waals surface area contributed by atoms with Crippen LogP contribution in [-0.4, -0.2) is 39.1 Å². The van der Waals surface area contributed by atoms with E-state index in [1.165, 1.54) is 25.0 Å². The minimum Gasteiger partial charge on any atom is -0.478 e. The van der Waals surface area contributed by atoms with E-state index >= 15 is 0 Å². The number of piperidine rings is 1. The molecule has 1 atom stereocenters. The van der Waals surface area contributed by atoms with Crippen LogP contribution in [0.4, 0.5) is 11.4 Å². The van der Waals surface area contributed by atoms with Crippen molar-refractivity contribution in [2.24, 2.45) is 5.92 Å². The number of carbonyl (C=O) groups is 1. The fraction of sp³-hybridized carbons (Fsp3) is 0.273. The van der Waals surface area contributed by atoms with Gasteiger partial charge >= 0.3 is 5.97 Å². The highest BCUT2D eigenvalue weighted by Gasteiger charge is 2.20. The average molecular weight is 419 g/mol. The molecular weight excluding hydrogens is 398 g/mol. The number of nitro groups is 1. The normalized spacial score (nSPS) is 15.5. The minimum atomic E-state index is -1.09. The number of fused-ring (bicyclic) bond motifs is 1. The quantitative estimate of drug-likeness (QED) is 0.497. The summed E-state index contributed by atoms with van der Waals surface area (Å²) in [4.78, 5) is 31.0. The van der Waals surface area contributed by atoms with Gasteiger partial charge in [0, 0.05) is 37.6 Å². The Morgan fingerprint density at radius 1 is 1.19 bits per heavy atom. The Balaban J connectivity index is 0.000000196. The van der Waals surface area contributed by atoms with Gasteiger partial charge in [0.1, 0.15) is 17.1 Å². The first-order chi connectivity index (χ1) is 14.9. The maximum Gasteiger partial charge on any atom is 0.335 e. The predicted octanol–water partition coefficient (Wildman–Crippen LogP) is 4.03. The highest BCUT2D eigenvalue weighted by Crippen LogP contribution is 2.29. The molecule has 9 nitrogen and oxygen atoms in total. The SMILES string of the molecule is CC1CCCN(c2ccc(C#N)c3nccnc23)C1.O=C(O)c1ccc([N+](=O)[O-])cc1. The maximum atomic E-state index is 10.3. The van der Waals surface area contributed by atoms with E-state index in [9.17, 15) is 14.9 Å². The first-order valence-corrected chi connectivity index (χ1v) is 9.77. The number of hydrogen-bond acceptors (Lipinski definition) is 7. The number of benzene rings is 2. The van der Waals surface area contributed by atoms with Crippen molar-refractivity contribution in [2.75, 3.05) is 18.0 Å². The van der Waals surface area contributed by atoms with Crippen LogP contribution >= 0.6 is 0 Å². The smallest absolute Gasteiger partial charge is 0.335 e. The third kappa shape index (κ3) is 5.11. The van der Waals surface area contributed by atoms with Crippen molar-refractivity contribution in [3.63, 3.8) is 0 Å². The number of aromatic nitrogens is 2. The number of rotatable bonds is 3. The van der Waals surface area contributed by atoms with E-state index in [-0.39, 0.29) is 11.3 Å². The largest absolute Gasteiger partial charge is 0.478 e. The topological polar surface area (TPSA) is 133 Å². The number of aromatic carboxylic acids is 1. The Kier molecular flexibility index (Phi) is 6.72. The second-order valence-electron chi connectivity index (χ2n) is 7.30. The Morgan fingerprint density at radius 2 is 1.87 bits per heavy atom. The fourth-order valence-electron chi connectivity index (χ4n) is 3.52. The fourth-order valence-corrected chi connectivity index (χ4v) is 3.52. The molecule has 3 aromatic rings. The lowest BCUT2D eigenvalue weighted by molar-refractivity contribution is -0.384. The lowest BCUT2D eigenvalue weighted by Gasteiger charge is -2.33. The summed E-state index contributed by atoms with van der Waals surface area (Å²) in [6, 6.07) is 10.8. The van der Waals surface area contributed by atoms with E-state index in [1.807, 2.05) is 12.1 Å². The third-order valence-electron chi connectivity index (χ3n) is 5.05. The van der Waals surface area contributed by atoms with Gasteiger partial charge in [0.25, 0.3) is 5.69 Å². The van der Waals surface area contributed by atoms with Gasteiger partial charge in [-0.1, -0.05) is 6.92 Å².